The second kappa shape index (κ2) is 8.57. The highest BCUT2D eigenvalue weighted by molar-refractivity contribution is 5.81. The molecule has 3 aliphatic rings. The molecule has 1 spiro atoms. The number of aryl methyl sites for hydroxylation is 2. The predicted octanol–water partition coefficient (Wildman–Crippen LogP) is 5.68. The molecule has 0 bridgehead atoms. The number of para-hydroxylation sites is 1. The minimum absolute atomic E-state index is 0.0369. The monoisotopic (exact) mass is 419 g/mol. The Morgan fingerprint density at radius 2 is 1.81 bits per heavy atom. The molecule has 4 heteroatoms. The fraction of sp³-hybridized carbons (Fsp3) is 0.519. The number of hydrogen-bond acceptors (Lipinski definition) is 3. The Hall–Kier alpha value is -2.49. The normalized spacial score (nSPS) is 22.5. The highest BCUT2D eigenvalue weighted by Gasteiger charge is 2.42. The van der Waals surface area contributed by atoms with Crippen LogP contribution in [-0.4, -0.2) is 17.6 Å². The molecule has 164 valence electrons. The topological polar surface area (TPSA) is 47.6 Å². The first-order valence-corrected chi connectivity index (χ1v) is 12.0. The number of rotatable bonds is 4. The largest absolute Gasteiger partial charge is 0.487 e. The van der Waals surface area contributed by atoms with Gasteiger partial charge >= 0.3 is 0 Å². The van der Waals surface area contributed by atoms with E-state index < -0.39 is 6.10 Å². The molecule has 5 rings (SSSR count). The molecule has 1 fully saturated rings. The zero-order valence-corrected chi connectivity index (χ0v) is 18.5. The average Bonchev–Trinajstić information content (AvgIpc) is 2.79. The van der Waals surface area contributed by atoms with Gasteiger partial charge in [-0.05, 0) is 87.6 Å². The molecular weight excluding hydrogens is 386 g/mol. The Bertz CT molecular complexity index is 947. The summed E-state index contributed by atoms with van der Waals surface area (Å²) < 4.78 is 12.6. The molecule has 2 aromatic rings. The van der Waals surface area contributed by atoms with Gasteiger partial charge in [-0.25, -0.2) is 0 Å². The summed E-state index contributed by atoms with van der Waals surface area (Å²) in [4.78, 5) is 13.1. The molecule has 2 aromatic carbocycles. The van der Waals surface area contributed by atoms with Gasteiger partial charge in [0.05, 0.1) is 6.04 Å². The molecule has 1 aliphatic heterocycles. The number of hydrogen-bond donors (Lipinski definition) is 1. The second-order valence-corrected chi connectivity index (χ2v) is 9.55. The molecular formula is C27H33NO3. The second-order valence-electron chi connectivity index (χ2n) is 9.55. The number of carbonyl (C=O) groups excluding carboxylic acids is 1. The van der Waals surface area contributed by atoms with E-state index in [4.69, 9.17) is 9.47 Å². The van der Waals surface area contributed by atoms with Crippen LogP contribution in [0.4, 0.5) is 0 Å². The summed E-state index contributed by atoms with van der Waals surface area (Å²) in [6.45, 7) is 1.84. The van der Waals surface area contributed by atoms with E-state index in [9.17, 15) is 4.79 Å². The Labute approximate surface area is 185 Å². The van der Waals surface area contributed by atoms with Gasteiger partial charge in [-0.1, -0.05) is 30.7 Å². The number of carbonyl (C=O) groups is 1. The summed E-state index contributed by atoms with van der Waals surface area (Å²) in [5.74, 6) is 1.65. The molecule has 1 saturated carbocycles. The van der Waals surface area contributed by atoms with Crippen molar-refractivity contribution < 1.29 is 14.3 Å². The Morgan fingerprint density at radius 3 is 2.65 bits per heavy atom. The van der Waals surface area contributed by atoms with Gasteiger partial charge in [0.2, 0.25) is 0 Å². The van der Waals surface area contributed by atoms with E-state index >= 15 is 0 Å². The first kappa shape index (κ1) is 20.4. The summed E-state index contributed by atoms with van der Waals surface area (Å²) in [6.07, 6.45) is 10.8. The number of benzene rings is 2. The number of nitrogens with one attached hydrogen (secondary N) is 1. The Balaban J connectivity index is 1.29. The van der Waals surface area contributed by atoms with Crippen LogP contribution < -0.4 is 14.8 Å². The third kappa shape index (κ3) is 4.30. The number of ether oxygens (including phenoxy) is 2. The summed E-state index contributed by atoms with van der Waals surface area (Å²) in [5.41, 5.74) is 3.72. The van der Waals surface area contributed by atoms with E-state index in [1.807, 2.05) is 31.2 Å². The average molecular weight is 420 g/mol. The molecule has 31 heavy (non-hydrogen) atoms. The maximum atomic E-state index is 13.1. The standard InChI is InChI=1S/C27H33NO3/c1-19(30-22-14-13-20-9-3-4-10-21(20)17-22)26(29)28-24-18-27(15-7-2-8-16-27)31-25-12-6-5-11-23(24)25/h5-6,11-14,17,19,24H,2-4,7-10,15-16,18H2,1H3,(H,28,29)/t19-,24+/m0/s1. The van der Waals surface area contributed by atoms with Crippen molar-refractivity contribution in [1.82, 2.24) is 5.32 Å². The molecule has 1 N–H and O–H groups in total. The van der Waals surface area contributed by atoms with Gasteiger partial charge in [0.1, 0.15) is 17.1 Å². The van der Waals surface area contributed by atoms with Crippen LogP contribution in [0.3, 0.4) is 0 Å². The van der Waals surface area contributed by atoms with Crippen molar-refractivity contribution in [2.24, 2.45) is 0 Å². The van der Waals surface area contributed by atoms with Gasteiger partial charge in [-0.3, -0.25) is 4.79 Å². The van der Waals surface area contributed by atoms with Crippen LogP contribution in [0.5, 0.6) is 11.5 Å². The SMILES string of the molecule is C[C@H](Oc1ccc2c(c1)CCCC2)C(=O)N[C@@H]1CC2(CCCCC2)Oc2ccccc21. The van der Waals surface area contributed by atoms with Crippen molar-refractivity contribution in [1.29, 1.82) is 0 Å². The quantitative estimate of drug-likeness (QED) is 0.694. The first-order valence-electron chi connectivity index (χ1n) is 12.0. The van der Waals surface area contributed by atoms with Crippen LogP contribution in [0, 0.1) is 0 Å². The van der Waals surface area contributed by atoms with E-state index in [-0.39, 0.29) is 17.6 Å². The lowest BCUT2D eigenvalue weighted by Crippen LogP contribution is -2.48. The summed E-state index contributed by atoms with van der Waals surface area (Å²) >= 11 is 0. The lowest BCUT2D eigenvalue weighted by Gasteiger charge is -2.44. The molecule has 0 aromatic heterocycles. The third-order valence-corrected chi connectivity index (χ3v) is 7.28. The lowest BCUT2D eigenvalue weighted by molar-refractivity contribution is -0.128. The van der Waals surface area contributed by atoms with Crippen molar-refractivity contribution in [3.05, 3.63) is 59.2 Å². The van der Waals surface area contributed by atoms with Gasteiger partial charge < -0.3 is 14.8 Å². The lowest BCUT2D eigenvalue weighted by atomic mass is 9.77. The maximum Gasteiger partial charge on any atom is 0.261 e. The molecule has 4 nitrogen and oxygen atoms in total. The fourth-order valence-corrected chi connectivity index (χ4v) is 5.58. The molecule has 1 heterocycles. The third-order valence-electron chi connectivity index (χ3n) is 7.28. The predicted molar refractivity (Wildman–Crippen MR) is 122 cm³/mol. The van der Waals surface area contributed by atoms with Crippen molar-refractivity contribution in [3.63, 3.8) is 0 Å². The van der Waals surface area contributed by atoms with E-state index in [2.05, 4.69) is 23.5 Å². The minimum atomic E-state index is -0.543. The van der Waals surface area contributed by atoms with Crippen LogP contribution in [0.15, 0.2) is 42.5 Å². The van der Waals surface area contributed by atoms with Crippen LogP contribution in [0.25, 0.3) is 0 Å². The van der Waals surface area contributed by atoms with Gasteiger partial charge in [0, 0.05) is 12.0 Å². The van der Waals surface area contributed by atoms with Crippen LogP contribution in [0.1, 0.15) is 81.0 Å². The zero-order valence-electron chi connectivity index (χ0n) is 18.5. The van der Waals surface area contributed by atoms with Crippen molar-refractivity contribution in [2.75, 3.05) is 0 Å². The van der Waals surface area contributed by atoms with Crippen molar-refractivity contribution in [2.45, 2.75) is 88.9 Å². The van der Waals surface area contributed by atoms with Crippen molar-refractivity contribution >= 4 is 5.91 Å². The van der Waals surface area contributed by atoms with Gasteiger partial charge in [0.15, 0.2) is 6.10 Å². The zero-order chi connectivity index (χ0) is 21.3. The fourth-order valence-electron chi connectivity index (χ4n) is 5.58. The number of fused-ring (bicyclic) bond motifs is 2. The first-order chi connectivity index (χ1) is 15.1. The summed E-state index contributed by atoms with van der Waals surface area (Å²) in [7, 11) is 0. The number of amides is 1. The molecule has 0 saturated heterocycles. The summed E-state index contributed by atoms with van der Waals surface area (Å²) in [6, 6.07) is 14.4. The molecule has 1 amide bonds. The van der Waals surface area contributed by atoms with E-state index in [0.29, 0.717) is 0 Å². The maximum absolute atomic E-state index is 13.1. The van der Waals surface area contributed by atoms with Crippen molar-refractivity contribution in [3.8, 4) is 11.5 Å². The highest BCUT2D eigenvalue weighted by atomic mass is 16.5. The van der Waals surface area contributed by atoms with E-state index in [1.165, 1.54) is 43.2 Å². The van der Waals surface area contributed by atoms with Gasteiger partial charge in [-0.2, -0.15) is 0 Å². The van der Waals surface area contributed by atoms with E-state index in [0.717, 1.165) is 49.2 Å². The highest BCUT2D eigenvalue weighted by Crippen LogP contribution is 2.46. The Kier molecular flexibility index (Phi) is 5.64. The van der Waals surface area contributed by atoms with E-state index in [1.54, 1.807) is 0 Å². The molecule has 0 radical (unpaired) electrons. The summed E-state index contributed by atoms with van der Waals surface area (Å²) in [5, 5.41) is 3.29. The van der Waals surface area contributed by atoms with Crippen LogP contribution in [-0.2, 0) is 17.6 Å². The van der Waals surface area contributed by atoms with Crippen LogP contribution >= 0.6 is 0 Å². The Morgan fingerprint density at radius 1 is 1.03 bits per heavy atom. The van der Waals surface area contributed by atoms with Gasteiger partial charge in [0.25, 0.3) is 5.91 Å². The smallest absolute Gasteiger partial charge is 0.261 e. The van der Waals surface area contributed by atoms with Gasteiger partial charge in [-0.15, -0.1) is 0 Å². The molecule has 2 atom stereocenters. The molecule has 2 aliphatic carbocycles. The van der Waals surface area contributed by atoms with Crippen LogP contribution in [0.2, 0.25) is 0 Å². The molecule has 0 unspecified atom stereocenters. The minimum Gasteiger partial charge on any atom is -0.487 e.